The molecule has 0 fully saturated rings. The maximum atomic E-state index is 8.69. The van der Waals surface area contributed by atoms with Gasteiger partial charge >= 0.3 is 28.7 Å². The molecule has 0 atom stereocenters. The van der Waals surface area contributed by atoms with Gasteiger partial charge in [0, 0.05) is 29.6 Å². The van der Waals surface area contributed by atoms with Crippen LogP contribution >= 0.6 is 0 Å². The van der Waals surface area contributed by atoms with Gasteiger partial charge in [0.05, 0.1) is 0 Å². The first-order valence-electron chi connectivity index (χ1n) is 0.632. The van der Waals surface area contributed by atoms with Gasteiger partial charge in [-0.25, -0.2) is 0 Å². The van der Waals surface area contributed by atoms with Crippen molar-refractivity contribution in [2.45, 2.75) is 0 Å². The molecule has 33 valence electrons. The van der Waals surface area contributed by atoms with E-state index in [1.807, 2.05) is 0 Å². The van der Waals surface area contributed by atoms with E-state index >= 15 is 0 Å². The van der Waals surface area contributed by atoms with Crippen molar-refractivity contribution in [1.82, 2.24) is 0 Å². The van der Waals surface area contributed by atoms with Gasteiger partial charge in [0.25, 0.3) is 0 Å². The van der Waals surface area contributed by atoms with Gasteiger partial charge in [-0.05, 0) is 0 Å². The molecule has 1 radical (unpaired) electrons. The Bertz CT molecular complexity index is 129. The summed E-state index contributed by atoms with van der Waals surface area (Å²) in [5.41, 5.74) is 0. The van der Waals surface area contributed by atoms with Gasteiger partial charge in [0.1, 0.15) is 0 Å². The van der Waals surface area contributed by atoms with E-state index in [4.69, 9.17) is 15.7 Å². The third-order valence-corrected chi connectivity index (χ3v) is 0. The number of rotatable bonds is 0. The summed E-state index contributed by atoms with van der Waals surface area (Å²) in [6.45, 7) is 0. The monoisotopic (exact) mass is 143 g/mol. The van der Waals surface area contributed by atoms with Gasteiger partial charge in [-0.1, -0.05) is 0 Å². The molecule has 0 unspecified atom stereocenters. The van der Waals surface area contributed by atoms with Crippen LogP contribution in [-0.4, -0.2) is 33.7 Å². The van der Waals surface area contributed by atoms with Crippen molar-refractivity contribution in [3.8, 4) is 0 Å². The van der Waals surface area contributed by atoms with Crippen LogP contribution in [0.5, 0.6) is 0 Å². The van der Waals surface area contributed by atoms with Crippen LogP contribution in [0.3, 0.4) is 0 Å². The standard InChI is InChI=1S/Mn.Na.H2O.3O/h;;1H2;;;/q+1;;;;;/p-1. The molecule has 0 amide bonds. The summed E-state index contributed by atoms with van der Waals surface area (Å²) in [5.74, 6) is 0. The fourth-order valence-electron chi connectivity index (χ4n) is 0. The molecule has 0 rings (SSSR count). The minimum absolute atomic E-state index is 0. The first-order valence-corrected chi connectivity index (χ1v) is 2.61. The van der Waals surface area contributed by atoms with E-state index in [2.05, 4.69) is 0 Å². The van der Waals surface area contributed by atoms with Crippen molar-refractivity contribution in [3.05, 3.63) is 0 Å². The van der Waals surface area contributed by atoms with E-state index in [1.165, 1.54) is 0 Å². The van der Waals surface area contributed by atoms with Crippen molar-refractivity contribution < 1.29 is 28.7 Å². The molecule has 0 bridgehead atoms. The fraction of sp³-hybridized carbons (Fsp3) is 0. The molecule has 0 spiro atoms. The molecule has 0 saturated heterocycles. The van der Waals surface area contributed by atoms with Crippen LogP contribution in [0.2, 0.25) is 0 Å². The maximum absolute atomic E-state index is 8.69. The van der Waals surface area contributed by atoms with Crippen LogP contribution in [0, 0.1) is 0 Å². The van der Waals surface area contributed by atoms with Gasteiger partial charge in [-0.15, -0.1) is 0 Å². The van der Waals surface area contributed by atoms with Crippen molar-refractivity contribution in [2.75, 3.05) is 0 Å². The van der Waals surface area contributed by atoms with Crippen molar-refractivity contribution in [2.24, 2.45) is 0 Å². The zero-order valence-electron chi connectivity index (χ0n) is 3.05. The van der Waals surface area contributed by atoms with E-state index in [0.717, 1.165) is 0 Å². The molecule has 0 aliphatic rings. The van der Waals surface area contributed by atoms with Gasteiger partial charge < -0.3 is 0 Å². The molecule has 0 aromatic rings. The summed E-state index contributed by atoms with van der Waals surface area (Å²) in [6, 6.07) is 0. The van der Waals surface area contributed by atoms with Crippen molar-refractivity contribution in [3.63, 3.8) is 0 Å². The van der Waals surface area contributed by atoms with Gasteiger partial charge in [0.2, 0.25) is 0 Å². The van der Waals surface area contributed by atoms with Gasteiger partial charge in [0.15, 0.2) is 0 Å². The van der Waals surface area contributed by atoms with E-state index in [9.17, 15) is 0 Å². The Kier molecular flexibility index (Phi) is 4.92. The second-order valence-electron chi connectivity index (χ2n) is 0.396. The van der Waals surface area contributed by atoms with Crippen LogP contribution in [0.1, 0.15) is 0 Å². The van der Waals surface area contributed by atoms with E-state index in [-0.39, 0.29) is 29.6 Å². The van der Waals surface area contributed by atoms with E-state index in [1.54, 1.807) is 0 Å². The molecular weight excluding hydrogens is 142 g/mol. The van der Waals surface area contributed by atoms with Crippen LogP contribution in [0.4, 0.5) is 0 Å². The molecule has 6 heteroatoms. The first kappa shape index (κ1) is 9.99. The molecular formula is HMnNaO4. The van der Waals surface area contributed by atoms with Gasteiger partial charge in [-0.3, -0.25) is 0 Å². The Labute approximate surface area is 58.0 Å². The summed E-state index contributed by atoms with van der Waals surface area (Å²) >= 11 is -5.38. The summed E-state index contributed by atoms with van der Waals surface area (Å²) in [6.07, 6.45) is 0. The van der Waals surface area contributed by atoms with Crippen molar-refractivity contribution >= 4 is 29.6 Å². The molecule has 0 aliphatic carbocycles. The van der Waals surface area contributed by atoms with Crippen LogP contribution in [-0.2, 0) is 24.5 Å². The summed E-state index contributed by atoms with van der Waals surface area (Å²) in [5, 5.41) is 0. The van der Waals surface area contributed by atoms with Crippen LogP contribution in [0.15, 0.2) is 0 Å². The molecule has 0 aliphatic heterocycles. The number of hydrogen-bond donors (Lipinski definition) is 1. The Morgan fingerprint density at radius 3 is 1.17 bits per heavy atom. The molecule has 0 aromatic heterocycles. The second kappa shape index (κ2) is 2.96. The Morgan fingerprint density at radius 2 is 1.17 bits per heavy atom. The molecule has 6 heavy (non-hydrogen) atoms. The Hall–Kier alpha value is 0.879. The predicted molar refractivity (Wildman–Crippen MR) is 10.0 cm³/mol. The Balaban J connectivity index is 0. The van der Waals surface area contributed by atoms with E-state index in [0.29, 0.717) is 0 Å². The average molecular weight is 143 g/mol. The molecule has 1 N–H and O–H groups in total. The van der Waals surface area contributed by atoms with Crippen LogP contribution in [0.25, 0.3) is 0 Å². The molecule has 0 aromatic carbocycles. The molecule has 0 saturated carbocycles. The zero-order chi connectivity index (χ0) is 4.50. The second-order valence-corrected chi connectivity index (χ2v) is 1.63. The zero-order valence-corrected chi connectivity index (χ0v) is 6.23. The van der Waals surface area contributed by atoms with E-state index < -0.39 is 13.0 Å². The first-order chi connectivity index (χ1) is 2.00. The third kappa shape index (κ3) is 94.9. The molecule has 0 heterocycles. The summed E-state index contributed by atoms with van der Waals surface area (Å²) < 4.78 is 33.1. The fourth-order valence-corrected chi connectivity index (χ4v) is 0. The predicted octanol–water partition coefficient (Wildman–Crippen LogP) is -1.30. The van der Waals surface area contributed by atoms with Gasteiger partial charge in [-0.2, -0.15) is 0 Å². The Morgan fingerprint density at radius 1 is 1.17 bits per heavy atom. The molecule has 4 nitrogen and oxygen atoms in total. The minimum atomic E-state index is -5.38. The SMILES string of the molecule is [Na].[O]=[Mn](=[O])(=[O])[OH]. The number of hydrogen-bond acceptors (Lipinski definition) is 3. The normalized spacial score (nSPS) is 9.50. The summed E-state index contributed by atoms with van der Waals surface area (Å²) in [4.78, 5) is 0. The van der Waals surface area contributed by atoms with Crippen LogP contribution < -0.4 is 0 Å². The summed E-state index contributed by atoms with van der Waals surface area (Å²) in [7, 11) is 0. The van der Waals surface area contributed by atoms with Crippen molar-refractivity contribution in [1.29, 1.82) is 0 Å². The average Bonchev–Trinajstić information content (AvgIpc) is 0.722. The third-order valence-electron chi connectivity index (χ3n) is 0. The quantitative estimate of drug-likeness (QED) is 0.428. The topological polar surface area (TPSA) is 71.4 Å².